The molecule has 1 N–H and O–H groups in total. The van der Waals surface area contributed by atoms with Crippen molar-refractivity contribution in [3.8, 4) is 22.4 Å². The molecule has 160 valence electrons. The lowest BCUT2D eigenvalue weighted by molar-refractivity contribution is 0.602. The predicted molar refractivity (Wildman–Crippen MR) is 128 cm³/mol. The lowest BCUT2D eigenvalue weighted by Crippen LogP contribution is -1.96. The Hall–Kier alpha value is -2.63. The van der Waals surface area contributed by atoms with E-state index >= 15 is 0 Å². The standard InChI is InChI=1S/C25H25ClN2O2S/c1-3-4-5-6-20-15-23-24(27-20)16-22(26)25(28-23)19-9-7-17(8-10-19)18-11-13-21(14-12-18)31(2,29)30/h7-16,27H,3-6H2,1-2H3. The van der Waals surface area contributed by atoms with Crippen LogP contribution < -0.4 is 0 Å². The molecule has 2 aromatic carbocycles. The second kappa shape index (κ2) is 8.85. The third-order valence-corrected chi connectivity index (χ3v) is 6.85. The highest BCUT2D eigenvalue weighted by Gasteiger charge is 2.11. The van der Waals surface area contributed by atoms with Gasteiger partial charge in [-0.25, -0.2) is 13.4 Å². The summed E-state index contributed by atoms with van der Waals surface area (Å²) in [4.78, 5) is 8.55. The summed E-state index contributed by atoms with van der Waals surface area (Å²) in [5, 5.41) is 0.611. The van der Waals surface area contributed by atoms with E-state index in [1.165, 1.54) is 24.8 Å². The lowest BCUT2D eigenvalue weighted by atomic mass is 10.0. The monoisotopic (exact) mass is 452 g/mol. The number of H-pyrrole nitrogens is 1. The van der Waals surface area contributed by atoms with Gasteiger partial charge >= 0.3 is 0 Å². The van der Waals surface area contributed by atoms with E-state index in [1.807, 2.05) is 42.5 Å². The normalized spacial score (nSPS) is 11.8. The molecule has 2 aromatic heterocycles. The number of aryl methyl sites for hydroxylation is 1. The van der Waals surface area contributed by atoms with E-state index in [1.54, 1.807) is 12.1 Å². The third kappa shape index (κ3) is 4.83. The number of unbranched alkanes of at least 4 members (excludes halogenated alkanes) is 2. The van der Waals surface area contributed by atoms with Gasteiger partial charge < -0.3 is 4.98 Å². The van der Waals surface area contributed by atoms with Crippen molar-refractivity contribution in [2.75, 3.05) is 6.26 Å². The Kier molecular flexibility index (Phi) is 6.17. The fourth-order valence-corrected chi connectivity index (χ4v) is 4.60. The molecule has 6 heteroatoms. The van der Waals surface area contributed by atoms with Gasteiger partial charge in [0.1, 0.15) is 0 Å². The summed E-state index contributed by atoms with van der Waals surface area (Å²) < 4.78 is 23.3. The molecule has 0 spiro atoms. The van der Waals surface area contributed by atoms with Gasteiger partial charge in [0.05, 0.1) is 26.6 Å². The highest BCUT2D eigenvalue weighted by molar-refractivity contribution is 7.90. The van der Waals surface area contributed by atoms with Crippen molar-refractivity contribution in [1.82, 2.24) is 9.97 Å². The van der Waals surface area contributed by atoms with Gasteiger partial charge in [-0.2, -0.15) is 0 Å². The molecule has 2 heterocycles. The Balaban J connectivity index is 1.60. The highest BCUT2D eigenvalue weighted by atomic mass is 35.5. The molecule has 4 aromatic rings. The van der Waals surface area contributed by atoms with Gasteiger partial charge in [0.15, 0.2) is 9.84 Å². The van der Waals surface area contributed by atoms with Crippen molar-refractivity contribution >= 4 is 32.5 Å². The molecule has 0 amide bonds. The molecule has 0 aliphatic heterocycles. The Bertz CT molecular complexity index is 1310. The number of fused-ring (bicyclic) bond motifs is 1. The zero-order valence-corrected chi connectivity index (χ0v) is 19.2. The minimum Gasteiger partial charge on any atom is -0.357 e. The summed E-state index contributed by atoms with van der Waals surface area (Å²) in [6, 6.07) is 19.0. The molecule has 31 heavy (non-hydrogen) atoms. The molecule has 0 atom stereocenters. The van der Waals surface area contributed by atoms with E-state index in [9.17, 15) is 8.42 Å². The van der Waals surface area contributed by atoms with E-state index in [2.05, 4.69) is 18.0 Å². The van der Waals surface area contributed by atoms with Crippen molar-refractivity contribution in [3.05, 3.63) is 71.4 Å². The maximum absolute atomic E-state index is 11.7. The lowest BCUT2D eigenvalue weighted by Gasteiger charge is -2.07. The van der Waals surface area contributed by atoms with Gasteiger partial charge in [-0.1, -0.05) is 67.8 Å². The van der Waals surface area contributed by atoms with E-state index in [0.29, 0.717) is 9.92 Å². The number of benzene rings is 2. The number of halogens is 1. The molecular weight excluding hydrogens is 428 g/mol. The summed E-state index contributed by atoms with van der Waals surface area (Å²) in [5.41, 5.74) is 6.73. The zero-order chi connectivity index (χ0) is 22.0. The van der Waals surface area contributed by atoms with Crippen molar-refractivity contribution in [2.45, 2.75) is 37.5 Å². The van der Waals surface area contributed by atoms with Gasteiger partial charge in [0, 0.05) is 17.5 Å². The number of aromatic amines is 1. The number of sulfone groups is 1. The van der Waals surface area contributed by atoms with Crippen LogP contribution in [-0.2, 0) is 16.3 Å². The number of hydrogen-bond acceptors (Lipinski definition) is 3. The van der Waals surface area contributed by atoms with Gasteiger partial charge in [0.2, 0.25) is 0 Å². The van der Waals surface area contributed by atoms with Crippen molar-refractivity contribution < 1.29 is 8.42 Å². The molecule has 4 rings (SSSR count). The summed E-state index contributed by atoms with van der Waals surface area (Å²) >= 11 is 6.55. The predicted octanol–water partition coefficient (Wildman–Crippen LogP) is 6.69. The fraction of sp³-hybridized carbons (Fsp3) is 0.240. The van der Waals surface area contributed by atoms with Crippen LogP contribution in [0.4, 0.5) is 0 Å². The largest absolute Gasteiger partial charge is 0.357 e. The Morgan fingerprint density at radius 2 is 1.52 bits per heavy atom. The van der Waals surface area contributed by atoms with Gasteiger partial charge in [0.25, 0.3) is 0 Å². The molecule has 0 fully saturated rings. The summed E-state index contributed by atoms with van der Waals surface area (Å²) in [6.45, 7) is 2.20. The molecular formula is C25H25ClN2O2S. The molecule has 4 nitrogen and oxygen atoms in total. The van der Waals surface area contributed by atoms with Crippen LogP contribution in [0.2, 0.25) is 5.02 Å². The van der Waals surface area contributed by atoms with Crippen molar-refractivity contribution in [1.29, 1.82) is 0 Å². The fourth-order valence-electron chi connectivity index (χ4n) is 3.71. The van der Waals surface area contributed by atoms with E-state index in [-0.39, 0.29) is 0 Å². The zero-order valence-electron chi connectivity index (χ0n) is 17.7. The molecule has 0 radical (unpaired) electrons. The van der Waals surface area contributed by atoms with Gasteiger partial charge in [-0.3, -0.25) is 0 Å². The molecule has 0 bridgehead atoms. The summed E-state index contributed by atoms with van der Waals surface area (Å²) in [5.74, 6) is 0. The molecule has 0 aliphatic carbocycles. The maximum Gasteiger partial charge on any atom is 0.175 e. The van der Waals surface area contributed by atoms with Crippen LogP contribution >= 0.6 is 11.6 Å². The average molecular weight is 453 g/mol. The third-order valence-electron chi connectivity index (χ3n) is 5.44. The van der Waals surface area contributed by atoms with Crippen LogP contribution in [0.15, 0.2) is 65.6 Å². The smallest absolute Gasteiger partial charge is 0.175 e. The van der Waals surface area contributed by atoms with Crippen LogP contribution in [0.3, 0.4) is 0 Å². The van der Waals surface area contributed by atoms with Crippen LogP contribution in [0.1, 0.15) is 31.9 Å². The van der Waals surface area contributed by atoms with Gasteiger partial charge in [-0.15, -0.1) is 0 Å². The Morgan fingerprint density at radius 1 is 0.903 bits per heavy atom. The SMILES string of the molecule is CCCCCc1cc2nc(-c3ccc(-c4ccc(S(C)(=O)=O)cc4)cc3)c(Cl)cc2[nH]1. The maximum atomic E-state index is 11.7. The Morgan fingerprint density at radius 3 is 2.13 bits per heavy atom. The molecule has 0 aliphatic rings. The van der Waals surface area contributed by atoms with Crippen LogP contribution in [0.5, 0.6) is 0 Å². The topological polar surface area (TPSA) is 62.8 Å². The summed E-state index contributed by atoms with van der Waals surface area (Å²) in [7, 11) is -3.20. The average Bonchev–Trinajstić information content (AvgIpc) is 3.14. The number of nitrogens with zero attached hydrogens (tertiary/aromatic N) is 1. The molecule has 0 saturated heterocycles. The van der Waals surface area contributed by atoms with Crippen molar-refractivity contribution in [3.63, 3.8) is 0 Å². The first kappa shape index (κ1) is 21.6. The minimum atomic E-state index is -3.20. The van der Waals surface area contributed by atoms with E-state index in [0.717, 1.165) is 46.3 Å². The molecule has 0 unspecified atom stereocenters. The van der Waals surface area contributed by atoms with E-state index in [4.69, 9.17) is 16.6 Å². The van der Waals surface area contributed by atoms with Crippen LogP contribution in [-0.4, -0.2) is 24.6 Å². The van der Waals surface area contributed by atoms with Crippen LogP contribution in [0, 0.1) is 0 Å². The number of nitrogens with one attached hydrogen (secondary N) is 1. The Labute approximate surface area is 188 Å². The molecule has 0 saturated carbocycles. The number of hydrogen-bond donors (Lipinski definition) is 1. The first-order valence-corrected chi connectivity index (χ1v) is 12.7. The first-order chi connectivity index (χ1) is 14.8. The summed E-state index contributed by atoms with van der Waals surface area (Å²) in [6.07, 6.45) is 5.81. The van der Waals surface area contributed by atoms with E-state index < -0.39 is 9.84 Å². The number of aromatic nitrogens is 2. The number of pyridine rings is 1. The van der Waals surface area contributed by atoms with Gasteiger partial charge in [-0.05, 0) is 48.2 Å². The minimum absolute atomic E-state index is 0.317. The second-order valence-corrected chi connectivity index (χ2v) is 10.3. The second-order valence-electron chi connectivity index (χ2n) is 7.88. The van der Waals surface area contributed by atoms with Crippen molar-refractivity contribution in [2.24, 2.45) is 0 Å². The highest BCUT2D eigenvalue weighted by Crippen LogP contribution is 2.31. The van der Waals surface area contributed by atoms with Crippen LogP contribution in [0.25, 0.3) is 33.4 Å². The first-order valence-electron chi connectivity index (χ1n) is 10.4. The quantitative estimate of drug-likeness (QED) is 0.318. The number of rotatable bonds is 7.